The topological polar surface area (TPSA) is 51.5 Å². The Hall–Kier alpha value is -2.91. The lowest BCUT2D eigenvalue weighted by atomic mass is 10.2. The number of imide groups is 1. The molecule has 1 saturated heterocycles. The number of aryl methyl sites for hydroxylation is 1. The van der Waals surface area contributed by atoms with E-state index >= 15 is 0 Å². The Balaban J connectivity index is 1.97. The average molecular weight is 366 g/mol. The molecule has 0 atom stereocenters. The van der Waals surface area contributed by atoms with Gasteiger partial charge < -0.3 is 9.30 Å². The van der Waals surface area contributed by atoms with Crippen LogP contribution in [0.25, 0.3) is 11.8 Å². The zero-order valence-corrected chi connectivity index (χ0v) is 15.6. The van der Waals surface area contributed by atoms with Gasteiger partial charge in [0.2, 0.25) is 0 Å². The van der Waals surface area contributed by atoms with Crippen molar-refractivity contribution in [2.75, 3.05) is 13.7 Å². The quantitative estimate of drug-likeness (QED) is 0.610. The molecule has 6 heteroatoms. The third-order valence-electron chi connectivity index (χ3n) is 4.21. The zero-order chi connectivity index (χ0) is 18.8. The standard InChI is InChI=1S/C20H18N2O3S/c1-5-10-21-19(23)18(26-20(21)24)12-15-11-13(2)22(14(15)3)16-6-8-17(25-4)9-7-16/h1,6-9,11-12H,10H2,2-4H3. The van der Waals surface area contributed by atoms with Gasteiger partial charge in [-0.15, -0.1) is 6.42 Å². The summed E-state index contributed by atoms with van der Waals surface area (Å²) in [5.41, 5.74) is 3.91. The first-order valence-corrected chi connectivity index (χ1v) is 8.80. The Kier molecular flexibility index (Phi) is 4.92. The van der Waals surface area contributed by atoms with Gasteiger partial charge in [0.1, 0.15) is 5.75 Å². The number of amides is 2. The molecule has 0 spiro atoms. The van der Waals surface area contributed by atoms with Gasteiger partial charge in [-0.2, -0.15) is 0 Å². The molecule has 0 N–H and O–H groups in total. The van der Waals surface area contributed by atoms with Crippen molar-refractivity contribution in [2.45, 2.75) is 13.8 Å². The van der Waals surface area contributed by atoms with Crippen molar-refractivity contribution in [3.63, 3.8) is 0 Å². The van der Waals surface area contributed by atoms with Crippen molar-refractivity contribution in [1.29, 1.82) is 0 Å². The number of carbonyl (C=O) groups excluding carboxylic acids is 2. The molecule has 1 fully saturated rings. The summed E-state index contributed by atoms with van der Waals surface area (Å²) in [5.74, 6) is 2.79. The lowest BCUT2D eigenvalue weighted by Gasteiger charge is -2.10. The second-order valence-electron chi connectivity index (χ2n) is 5.83. The molecule has 1 aromatic heterocycles. The van der Waals surface area contributed by atoms with Crippen molar-refractivity contribution in [3.8, 4) is 23.8 Å². The van der Waals surface area contributed by atoms with E-state index in [4.69, 9.17) is 11.2 Å². The molecule has 1 aliphatic rings. The predicted octanol–water partition coefficient (Wildman–Crippen LogP) is 3.77. The molecule has 2 heterocycles. The number of thioether (sulfide) groups is 1. The van der Waals surface area contributed by atoms with Crippen LogP contribution in [0.5, 0.6) is 5.75 Å². The van der Waals surface area contributed by atoms with Gasteiger partial charge in [-0.05, 0) is 67.6 Å². The summed E-state index contributed by atoms with van der Waals surface area (Å²) in [6.45, 7) is 3.97. The van der Waals surface area contributed by atoms with Gasteiger partial charge in [0.15, 0.2) is 0 Å². The molecule has 1 aromatic carbocycles. The van der Waals surface area contributed by atoms with E-state index in [1.165, 1.54) is 0 Å². The summed E-state index contributed by atoms with van der Waals surface area (Å²) < 4.78 is 7.30. The third-order valence-corrected chi connectivity index (χ3v) is 5.12. The Bertz CT molecular complexity index is 949. The third kappa shape index (κ3) is 3.14. The Labute approximate surface area is 156 Å². The summed E-state index contributed by atoms with van der Waals surface area (Å²) in [4.78, 5) is 25.8. The molecule has 2 amide bonds. The SMILES string of the molecule is C#CCN1C(=O)SC(=Cc2cc(C)n(-c3ccc(OC)cc3)c2C)C1=O. The van der Waals surface area contributed by atoms with Crippen LogP contribution in [0.4, 0.5) is 4.79 Å². The van der Waals surface area contributed by atoms with Gasteiger partial charge in [0.05, 0.1) is 18.6 Å². The van der Waals surface area contributed by atoms with Crippen LogP contribution in [0.15, 0.2) is 35.2 Å². The maximum Gasteiger partial charge on any atom is 0.294 e. The van der Waals surface area contributed by atoms with Gasteiger partial charge >= 0.3 is 0 Å². The first kappa shape index (κ1) is 17.9. The molecule has 0 saturated carbocycles. The Morgan fingerprint density at radius 1 is 1.23 bits per heavy atom. The second-order valence-corrected chi connectivity index (χ2v) is 6.83. The maximum absolute atomic E-state index is 12.4. The minimum Gasteiger partial charge on any atom is -0.497 e. The second kappa shape index (κ2) is 7.14. The molecule has 26 heavy (non-hydrogen) atoms. The minimum atomic E-state index is -0.341. The summed E-state index contributed by atoms with van der Waals surface area (Å²) in [6.07, 6.45) is 6.98. The molecule has 5 nitrogen and oxygen atoms in total. The van der Waals surface area contributed by atoms with Crippen molar-refractivity contribution >= 4 is 29.0 Å². The largest absolute Gasteiger partial charge is 0.497 e. The number of benzene rings is 1. The lowest BCUT2D eigenvalue weighted by molar-refractivity contribution is -0.122. The van der Waals surface area contributed by atoms with Crippen molar-refractivity contribution in [2.24, 2.45) is 0 Å². The molecule has 2 aromatic rings. The number of ether oxygens (including phenoxy) is 1. The van der Waals surface area contributed by atoms with Gasteiger partial charge in [-0.1, -0.05) is 5.92 Å². The van der Waals surface area contributed by atoms with Gasteiger partial charge in [-0.25, -0.2) is 0 Å². The van der Waals surface area contributed by atoms with Gasteiger partial charge in [0.25, 0.3) is 11.1 Å². The summed E-state index contributed by atoms with van der Waals surface area (Å²) in [7, 11) is 1.63. The highest BCUT2D eigenvalue weighted by molar-refractivity contribution is 8.18. The number of rotatable bonds is 4. The highest BCUT2D eigenvalue weighted by atomic mass is 32.2. The van der Waals surface area contributed by atoms with E-state index in [1.54, 1.807) is 13.2 Å². The smallest absolute Gasteiger partial charge is 0.294 e. The maximum atomic E-state index is 12.4. The van der Waals surface area contributed by atoms with E-state index in [0.29, 0.717) is 4.91 Å². The van der Waals surface area contributed by atoms with E-state index in [1.807, 2.05) is 44.2 Å². The number of hydrogen-bond donors (Lipinski definition) is 0. The van der Waals surface area contributed by atoms with E-state index in [0.717, 1.165) is 45.1 Å². The Morgan fingerprint density at radius 2 is 1.92 bits per heavy atom. The predicted molar refractivity (Wildman–Crippen MR) is 103 cm³/mol. The first-order chi connectivity index (χ1) is 12.5. The number of carbonyl (C=O) groups is 2. The molecule has 132 valence electrons. The molecular formula is C20H18N2O3S. The Morgan fingerprint density at radius 3 is 2.54 bits per heavy atom. The van der Waals surface area contributed by atoms with Crippen LogP contribution in [-0.2, 0) is 4.79 Å². The van der Waals surface area contributed by atoms with Crippen LogP contribution in [0, 0.1) is 26.2 Å². The highest BCUT2D eigenvalue weighted by Gasteiger charge is 2.34. The fourth-order valence-corrected chi connectivity index (χ4v) is 3.76. The van der Waals surface area contributed by atoms with Crippen LogP contribution in [0.3, 0.4) is 0 Å². The van der Waals surface area contributed by atoms with Crippen LogP contribution in [0.2, 0.25) is 0 Å². The van der Waals surface area contributed by atoms with Crippen LogP contribution < -0.4 is 4.74 Å². The summed E-state index contributed by atoms with van der Waals surface area (Å²) >= 11 is 0.918. The first-order valence-electron chi connectivity index (χ1n) is 7.98. The average Bonchev–Trinajstić information content (AvgIpc) is 3.05. The lowest BCUT2D eigenvalue weighted by Crippen LogP contribution is -2.28. The van der Waals surface area contributed by atoms with E-state index in [2.05, 4.69) is 10.5 Å². The van der Waals surface area contributed by atoms with Crippen LogP contribution in [0.1, 0.15) is 17.0 Å². The molecule has 0 unspecified atom stereocenters. The van der Waals surface area contributed by atoms with Crippen molar-refractivity contribution < 1.29 is 14.3 Å². The van der Waals surface area contributed by atoms with Crippen LogP contribution >= 0.6 is 11.8 Å². The molecule has 0 radical (unpaired) electrons. The number of terminal acetylenes is 1. The monoisotopic (exact) mass is 366 g/mol. The zero-order valence-electron chi connectivity index (χ0n) is 14.8. The minimum absolute atomic E-state index is 0.00707. The molecule has 3 rings (SSSR count). The van der Waals surface area contributed by atoms with Crippen LogP contribution in [-0.4, -0.2) is 34.3 Å². The molecule has 0 bridgehead atoms. The highest BCUT2D eigenvalue weighted by Crippen LogP contribution is 2.33. The number of nitrogens with zero attached hydrogens (tertiary/aromatic N) is 2. The van der Waals surface area contributed by atoms with E-state index < -0.39 is 0 Å². The number of aromatic nitrogens is 1. The fraction of sp³-hybridized carbons (Fsp3) is 0.200. The van der Waals surface area contributed by atoms with Gasteiger partial charge in [-0.3, -0.25) is 14.5 Å². The van der Waals surface area contributed by atoms with Crippen molar-refractivity contribution in [3.05, 3.63) is 52.2 Å². The van der Waals surface area contributed by atoms with E-state index in [-0.39, 0.29) is 17.7 Å². The fourth-order valence-electron chi connectivity index (χ4n) is 2.93. The molecular weight excluding hydrogens is 348 g/mol. The summed E-state index contributed by atoms with van der Waals surface area (Å²) in [6, 6.07) is 9.75. The number of hydrogen-bond acceptors (Lipinski definition) is 4. The molecule has 1 aliphatic heterocycles. The number of methoxy groups -OCH3 is 1. The van der Waals surface area contributed by atoms with Gasteiger partial charge in [0, 0.05) is 17.1 Å². The summed E-state index contributed by atoms with van der Waals surface area (Å²) in [5, 5.41) is -0.330. The van der Waals surface area contributed by atoms with Crippen molar-refractivity contribution in [1.82, 2.24) is 9.47 Å². The molecule has 0 aliphatic carbocycles. The normalized spacial score (nSPS) is 15.6. The van der Waals surface area contributed by atoms with E-state index in [9.17, 15) is 9.59 Å².